The van der Waals surface area contributed by atoms with Crippen molar-refractivity contribution in [1.82, 2.24) is 10.2 Å². The van der Waals surface area contributed by atoms with Gasteiger partial charge in [-0.3, -0.25) is 0 Å². The largest absolute Gasteiger partial charge is 0.312 e. The molecule has 0 aromatic heterocycles. The van der Waals surface area contributed by atoms with Crippen molar-refractivity contribution >= 4 is 0 Å². The number of hydrogen-bond donors (Lipinski definition) is 1. The van der Waals surface area contributed by atoms with Gasteiger partial charge in [0.25, 0.3) is 0 Å². The Morgan fingerprint density at radius 2 is 1.61 bits per heavy atom. The molecule has 1 aliphatic heterocycles. The Kier molecular flexibility index (Phi) is 6.07. The Labute approximate surface area is 144 Å². The minimum atomic E-state index is 0.473. The molecule has 2 heteroatoms. The van der Waals surface area contributed by atoms with Crippen molar-refractivity contribution in [2.45, 2.75) is 84.6 Å². The first-order valence-electron chi connectivity index (χ1n) is 10.4. The highest BCUT2D eigenvalue weighted by Gasteiger charge is 2.33. The second-order valence-electron chi connectivity index (χ2n) is 10.1. The van der Waals surface area contributed by atoms with Gasteiger partial charge in [0.1, 0.15) is 0 Å². The second kappa shape index (κ2) is 7.87. The molecule has 0 amide bonds. The smallest absolute Gasteiger partial charge is 0.0198 e. The van der Waals surface area contributed by atoms with E-state index in [4.69, 9.17) is 0 Å². The average molecular weight is 321 g/mol. The van der Waals surface area contributed by atoms with Crippen LogP contribution in [0.4, 0.5) is 0 Å². The van der Waals surface area contributed by atoms with Gasteiger partial charge in [0.05, 0.1) is 0 Å². The molecule has 2 unspecified atom stereocenters. The van der Waals surface area contributed by atoms with Crippen LogP contribution in [-0.2, 0) is 0 Å². The highest BCUT2D eigenvalue weighted by atomic mass is 15.2. The third-order valence-corrected chi connectivity index (χ3v) is 6.15. The predicted octanol–water partition coefficient (Wildman–Crippen LogP) is 4.69. The molecular formula is C21H40N2. The topological polar surface area (TPSA) is 15.3 Å². The minimum absolute atomic E-state index is 0.473. The maximum Gasteiger partial charge on any atom is 0.0198 e. The maximum absolute atomic E-state index is 3.99. The average Bonchev–Trinajstić information content (AvgIpc) is 3.28. The number of piperidine rings is 1. The van der Waals surface area contributed by atoms with Crippen LogP contribution in [0.3, 0.4) is 0 Å². The number of nitrogens with one attached hydrogen (secondary N) is 1. The molecule has 2 aliphatic carbocycles. The fourth-order valence-electron chi connectivity index (χ4n) is 5.00. The lowest BCUT2D eigenvalue weighted by Crippen LogP contribution is -2.51. The van der Waals surface area contributed by atoms with Gasteiger partial charge >= 0.3 is 0 Å². The summed E-state index contributed by atoms with van der Waals surface area (Å²) in [5.74, 6) is 2.89. The van der Waals surface area contributed by atoms with Crippen LogP contribution < -0.4 is 5.32 Å². The number of rotatable bonds is 6. The summed E-state index contributed by atoms with van der Waals surface area (Å²) in [6.07, 6.45) is 13.1. The van der Waals surface area contributed by atoms with Crippen LogP contribution in [0, 0.1) is 23.2 Å². The van der Waals surface area contributed by atoms with Crippen molar-refractivity contribution in [2.75, 3.05) is 26.2 Å². The van der Waals surface area contributed by atoms with Gasteiger partial charge in [-0.05, 0) is 68.2 Å². The summed E-state index contributed by atoms with van der Waals surface area (Å²) < 4.78 is 0. The first-order valence-corrected chi connectivity index (χ1v) is 10.4. The number of nitrogens with zero attached hydrogens (tertiary/aromatic N) is 1. The first kappa shape index (κ1) is 17.7. The lowest BCUT2D eigenvalue weighted by Gasteiger charge is -2.41. The molecule has 0 radical (unpaired) electrons. The molecule has 0 aromatic rings. The lowest BCUT2D eigenvalue weighted by atomic mass is 9.79. The van der Waals surface area contributed by atoms with E-state index >= 15 is 0 Å². The van der Waals surface area contributed by atoms with E-state index in [1.165, 1.54) is 84.0 Å². The third kappa shape index (κ3) is 6.38. The van der Waals surface area contributed by atoms with Gasteiger partial charge in [-0.1, -0.05) is 40.0 Å². The van der Waals surface area contributed by atoms with Crippen molar-refractivity contribution in [2.24, 2.45) is 23.2 Å². The molecule has 134 valence electrons. The van der Waals surface area contributed by atoms with Crippen molar-refractivity contribution in [3.63, 3.8) is 0 Å². The summed E-state index contributed by atoms with van der Waals surface area (Å²) >= 11 is 0. The Balaban J connectivity index is 1.49. The SMILES string of the molecule is CC(C)(C)CC1CC(NCC2CCCCC2)CN(CC2CC2)C1. The van der Waals surface area contributed by atoms with Gasteiger partial charge in [0, 0.05) is 25.7 Å². The van der Waals surface area contributed by atoms with Crippen LogP contribution in [-0.4, -0.2) is 37.1 Å². The molecule has 1 N–H and O–H groups in total. The monoisotopic (exact) mass is 320 g/mol. The summed E-state index contributed by atoms with van der Waals surface area (Å²) in [6.45, 7) is 12.6. The van der Waals surface area contributed by atoms with E-state index in [-0.39, 0.29) is 0 Å². The van der Waals surface area contributed by atoms with Gasteiger partial charge in [-0.25, -0.2) is 0 Å². The van der Waals surface area contributed by atoms with Crippen LogP contribution >= 0.6 is 0 Å². The van der Waals surface area contributed by atoms with E-state index in [9.17, 15) is 0 Å². The molecule has 23 heavy (non-hydrogen) atoms. The first-order chi connectivity index (χ1) is 11.0. The van der Waals surface area contributed by atoms with Crippen molar-refractivity contribution in [3.05, 3.63) is 0 Å². The Morgan fingerprint density at radius 1 is 0.870 bits per heavy atom. The summed E-state index contributed by atoms with van der Waals surface area (Å²) in [5, 5.41) is 3.99. The van der Waals surface area contributed by atoms with E-state index < -0.39 is 0 Å². The molecule has 0 bridgehead atoms. The molecule has 1 heterocycles. The van der Waals surface area contributed by atoms with Crippen molar-refractivity contribution in [1.29, 1.82) is 0 Å². The van der Waals surface area contributed by atoms with Crippen molar-refractivity contribution < 1.29 is 0 Å². The van der Waals surface area contributed by atoms with Gasteiger partial charge < -0.3 is 10.2 Å². The van der Waals surface area contributed by atoms with E-state index in [2.05, 4.69) is 31.0 Å². The fourth-order valence-corrected chi connectivity index (χ4v) is 5.00. The van der Waals surface area contributed by atoms with Crippen LogP contribution in [0.2, 0.25) is 0 Å². The van der Waals surface area contributed by atoms with Gasteiger partial charge in [-0.15, -0.1) is 0 Å². The second-order valence-corrected chi connectivity index (χ2v) is 10.1. The van der Waals surface area contributed by atoms with E-state index in [1.807, 2.05) is 0 Å². The summed E-state index contributed by atoms with van der Waals surface area (Å²) in [4.78, 5) is 2.80. The van der Waals surface area contributed by atoms with Crippen LogP contribution in [0.25, 0.3) is 0 Å². The Hall–Kier alpha value is -0.0800. The van der Waals surface area contributed by atoms with Crippen LogP contribution in [0.5, 0.6) is 0 Å². The molecule has 0 aromatic carbocycles. The summed E-state index contributed by atoms with van der Waals surface area (Å²) in [5.41, 5.74) is 0.473. The van der Waals surface area contributed by atoms with Gasteiger partial charge in [0.2, 0.25) is 0 Å². The Bertz CT molecular complexity index is 349. The minimum Gasteiger partial charge on any atom is -0.312 e. The highest BCUT2D eigenvalue weighted by Crippen LogP contribution is 2.34. The van der Waals surface area contributed by atoms with Crippen LogP contribution in [0.15, 0.2) is 0 Å². The third-order valence-electron chi connectivity index (χ3n) is 6.15. The molecule has 2 nitrogen and oxygen atoms in total. The summed E-state index contributed by atoms with van der Waals surface area (Å²) in [7, 11) is 0. The molecule has 3 aliphatic rings. The summed E-state index contributed by atoms with van der Waals surface area (Å²) in [6, 6.07) is 0.747. The van der Waals surface area contributed by atoms with E-state index in [0.29, 0.717) is 5.41 Å². The lowest BCUT2D eigenvalue weighted by molar-refractivity contribution is 0.107. The normalized spacial score (nSPS) is 31.4. The Morgan fingerprint density at radius 3 is 2.26 bits per heavy atom. The van der Waals surface area contributed by atoms with Gasteiger partial charge in [0.15, 0.2) is 0 Å². The van der Waals surface area contributed by atoms with Crippen molar-refractivity contribution in [3.8, 4) is 0 Å². The zero-order valence-corrected chi connectivity index (χ0v) is 15.9. The zero-order chi connectivity index (χ0) is 16.3. The highest BCUT2D eigenvalue weighted by molar-refractivity contribution is 4.89. The number of likely N-dealkylation sites (tertiary alicyclic amines) is 1. The zero-order valence-electron chi connectivity index (χ0n) is 15.9. The fraction of sp³-hybridized carbons (Fsp3) is 1.00. The molecule has 0 spiro atoms. The molecular weight excluding hydrogens is 280 g/mol. The quantitative estimate of drug-likeness (QED) is 0.763. The maximum atomic E-state index is 3.99. The van der Waals surface area contributed by atoms with E-state index in [1.54, 1.807) is 0 Å². The standard InChI is InChI=1S/C21H40N2/c1-21(2,3)12-19-11-20(16-23(15-19)14-18-9-10-18)22-13-17-7-5-4-6-8-17/h17-20,22H,4-16H2,1-3H3. The predicted molar refractivity (Wildman–Crippen MR) is 99.7 cm³/mol. The van der Waals surface area contributed by atoms with Crippen LogP contribution in [0.1, 0.15) is 78.6 Å². The van der Waals surface area contributed by atoms with E-state index in [0.717, 1.165) is 23.8 Å². The molecule has 3 fully saturated rings. The number of hydrogen-bond acceptors (Lipinski definition) is 2. The molecule has 2 atom stereocenters. The van der Waals surface area contributed by atoms with Gasteiger partial charge in [-0.2, -0.15) is 0 Å². The molecule has 2 saturated carbocycles. The molecule has 3 rings (SSSR count). The molecule has 1 saturated heterocycles.